The normalized spacial score (nSPS) is 11.7. The molecule has 9 rings (SSSR count). The van der Waals surface area contributed by atoms with Gasteiger partial charge in [0, 0.05) is 10.8 Å². The van der Waals surface area contributed by atoms with Crippen LogP contribution in [0.1, 0.15) is 0 Å². The minimum atomic E-state index is -0.299. The van der Waals surface area contributed by atoms with E-state index in [9.17, 15) is 20.2 Å². The Morgan fingerprint density at radius 2 is 0.872 bits per heavy atom. The molecular formula is C40H22N2O5. The molecule has 0 fully saturated rings. The minimum absolute atomic E-state index is 0.0865. The molecule has 0 amide bonds. The molecule has 1 heterocycles. The zero-order chi connectivity index (χ0) is 31.8. The van der Waals surface area contributed by atoms with Crippen molar-refractivity contribution in [3.63, 3.8) is 0 Å². The molecule has 0 aliphatic rings. The van der Waals surface area contributed by atoms with Crippen LogP contribution in [0.4, 0.5) is 11.4 Å². The minimum Gasteiger partial charge on any atom is -0.456 e. The number of non-ortho nitro benzene ring substituents is 2. The maximum atomic E-state index is 12.4. The van der Waals surface area contributed by atoms with Crippen LogP contribution in [0, 0.1) is 20.2 Å². The highest BCUT2D eigenvalue weighted by atomic mass is 16.6. The number of rotatable bonds is 4. The number of nitrogens with zero attached hydrogens (tertiary/aromatic N) is 2. The molecule has 222 valence electrons. The molecule has 0 saturated heterocycles. The molecule has 0 atom stereocenters. The van der Waals surface area contributed by atoms with Crippen molar-refractivity contribution >= 4 is 76.4 Å². The molecular weight excluding hydrogens is 588 g/mol. The number of hydrogen-bond donors (Lipinski definition) is 0. The second-order valence-corrected chi connectivity index (χ2v) is 11.6. The summed E-state index contributed by atoms with van der Waals surface area (Å²) >= 11 is 0. The lowest BCUT2D eigenvalue weighted by Crippen LogP contribution is -1.95. The average Bonchev–Trinajstić information content (AvgIpc) is 3.47. The van der Waals surface area contributed by atoms with Crippen LogP contribution in [0.3, 0.4) is 0 Å². The van der Waals surface area contributed by atoms with Gasteiger partial charge in [-0.25, -0.2) is 0 Å². The van der Waals surface area contributed by atoms with Crippen LogP contribution in [0.15, 0.2) is 138 Å². The van der Waals surface area contributed by atoms with Gasteiger partial charge in [0.1, 0.15) is 11.2 Å². The van der Waals surface area contributed by atoms with Crippen LogP contribution < -0.4 is 0 Å². The maximum Gasteiger partial charge on any atom is 0.284 e. The SMILES string of the molecule is O=[N+]([O-])c1c2ccccc2c(-c2ccc3oc4cccc(-c5c6ccccc6c([N+](=O)[O-])c6ccccc56)c4c3c2)c2ccccc12. The first-order valence-electron chi connectivity index (χ1n) is 15.1. The summed E-state index contributed by atoms with van der Waals surface area (Å²) in [7, 11) is 0. The third-order valence-corrected chi connectivity index (χ3v) is 9.22. The van der Waals surface area contributed by atoms with Crippen LogP contribution in [-0.4, -0.2) is 9.85 Å². The van der Waals surface area contributed by atoms with E-state index in [1.807, 2.05) is 103 Å². The molecule has 7 nitrogen and oxygen atoms in total. The number of hydrogen-bond acceptors (Lipinski definition) is 5. The van der Waals surface area contributed by atoms with Crippen molar-refractivity contribution in [2.24, 2.45) is 0 Å². The summed E-state index contributed by atoms with van der Waals surface area (Å²) in [4.78, 5) is 24.1. The van der Waals surface area contributed by atoms with E-state index < -0.39 is 0 Å². The Morgan fingerprint density at radius 1 is 0.426 bits per heavy atom. The van der Waals surface area contributed by atoms with E-state index in [1.54, 1.807) is 24.3 Å². The molecule has 47 heavy (non-hydrogen) atoms. The second kappa shape index (κ2) is 9.95. The number of benzene rings is 8. The summed E-state index contributed by atoms with van der Waals surface area (Å²) < 4.78 is 6.42. The fourth-order valence-corrected chi connectivity index (χ4v) is 7.40. The average molecular weight is 611 g/mol. The predicted molar refractivity (Wildman–Crippen MR) is 188 cm³/mol. The Kier molecular flexibility index (Phi) is 5.67. The van der Waals surface area contributed by atoms with E-state index >= 15 is 0 Å². The van der Waals surface area contributed by atoms with Crippen molar-refractivity contribution < 1.29 is 14.3 Å². The molecule has 8 aromatic carbocycles. The molecule has 0 aliphatic carbocycles. The number of nitro benzene ring substituents is 2. The fourth-order valence-electron chi connectivity index (χ4n) is 7.40. The lowest BCUT2D eigenvalue weighted by atomic mass is 9.88. The summed E-state index contributed by atoms with van der Waals surface area (Å²) in [5.41, 5.74) is 5.17. The highest BCUT2D eigenvalue weighted by Crippen LogP contribution is 2.48. The number of furan rings is 1. The first-order chi connectivity index (χ1) is 23.0. The number of fused-ring (bicyclic) bond motifs is 7. The van der Waals surface area contributed by atoms with Crippen molar-refractivity contribution in [3.05, 3.63) is 154 Å². The summed E-state index contributed by atoms with van der Waals surface area (Å²) in [6.45, 7) is 0. The van der Waals surface area contributed by atoms with E-state index in [0.717, 1.165) is 54.6 Å². The largest absolute Gasteiger partial charge is 0.456 e. The van der Waals surface area contributed by atoms with Gasteiger partial charge in [-0.15, -0.1) is 0 Å². The Morgan fingerprint density at radius 3 is 1.34 bits per heavy atom. The first-order valence-corrected chi connectivity index (χ1v) is 15.1. The molecule has 0 N–H and O–H groups in total. The molecule has 1 aromatic heterocycles. The summed E-state index contributed by atoms with van der Waals surface area (Å²) in [6, 6.07) is 41.8. The molecule has 9 aromatic rings. The first kappa shape index (κ1) is 26.8. The maximum absolute atomic E-state index is 12.4. The Labute approximate surface area is 266 Å². The molecule has 0 spiro atoms. The van der Waals surface area contributed by atoms with Crippen LogP contribution in [-0.2, 0) is 0 Å². The van der Waals surface area contributed by atoms with Crippen LogP contribution >= 0.6 is 0 Å². The summed E-state index contributed by atoms with van der Waals surface area (Å²) in [5.74, 6) is 0. The zero-order valence-electron chi connectivity index (χ0n) is 24.6. The standard InChI is InChI=1S/C40H22N2O5/c43-41(44)39-28-14-5-1-10-24(28)36(25-11-2-6-15-29(25)39)23-20-21-34-33(22-23)38-32(18-9-19-35(38)47-34)37-26-12-3-7-16-30(26)40(42(45)46)31-17-8-4-13-27(31)37/h1-22H. The van der Waals surface area contributed by atoms with E-state index in [1.165, 1.54) is 0 Å². The van der Waals surface area contributed by atoms with Gasteiger partial charge in [0.15, 0.2) is 0 Å². The van der Waals surface area contributed by atoms with Crippen LogP contribution in [0.5, 0.6) is 0 Å². The van der Waals surface area contributed by atoms with Gasteiger partial charge in [-0.3, -0.25) is 20.2 Å². The van der Waals surface area contributed by atoms with Crippen molar-refractivity contribution in [3.8, 4) is 22.3 Å². The van der Waals surface area contributed by atoms with Gasteiger partial charge in [0.25, 0.3) is 11.4 Å². The third-order valence-electron chi connectivity index (χ3n) is 9.22. The van der Waals surface area contributed by atoms with E-state index in [0.29, 0.717) is 32.7 Å². The highest BCUT2D eigenvalue weighted by molar-refractivity contribution is 6.25. The lowest BCUT2D eigenvalue weighted by Gasteiger charge is -2.14. The fraction of sp³-hybridized carbons (Fsp3) is 0. The van der Waals surface area contributed by atoms with E-state index in [2.05, 4.69) is 6.07 Å². The second-order valence-electron chi connectivity index (χ2n) is 11.6. The van der Waals surface area contributed by atoms with Gasteiger partial charge < -0.3 is 4.42 Å². The van der Waals surface area contributed by atoms with Gasteiger partial charge in [-0.2, -0.15) is 0 Å². The van der Waals surface area contributed by atoms with Crippen LogP contribution in [0.2, 0.25) is 0 Å². The Balaban J connectivity index is 1.41. The van der Waals surface area contributed by atoms with Crippen molar-refractivity contribution in [1.29, 1.82) is 0 Å². The molecule has 0 saturated carbocycles. The number of nitro groups is 2. The smallest absolute Gasteiger partial charge is 0.284 e. The van der Waals surface area contributed by atoms with Crippen molar-refractivity contribution in [2.45, 2.75) is 0 Å². The van der Waals surface area contributed by atoms with E-state index in [-0.39, 0.29) is 21.2 Å². The molecule has 7 heteroatoms. The quantitative estimate of drug-likeness (QED) is 0.112. The molecule has 0 bridgehead atoms. The monoisotopic (exact) mass is 610 g/mol. The summed E-state index contributed by atoms with van der Waals surface area (Å²) in [6.07, 6.45) is 0. The van der Waals surface area contributed by atoms with E-state index in [4.69, 9.17) is 4.42 Å². The topological polar surface area (TPSA) is 99.4 Å². The van der Waals surface area contributed by atoms with Crippen molar-refractivity contribution in [2.75, 3.05) is 0 Å². The molecule has 0 radical (unpaired) electrons. The van der Waals surface area contributed by atoms with Crippen LogP contribution in [0.25, 0.3) is 87.3 Å². The Bertz CT molecular complexity index is 2700. The molecule has 0 aliphatic heterocycles. The van der Waals surface area contributed by atoms with Gasteiger partial charge in [-0.05, 0) is 86.3 Å². The Hall–Kier alpha value is -6.60. The van der Waals surface area contributed by atoms with Gasteiger partial charge in [0.05, 0.1) is 31.4 Å². The third kappa shape index (κ3) is 3.80. The summed E-state index contributed by atoms with van der Waals surface area (Å²) in [5, 5.41) is 31.9. The van der Waals surface area contributed by atoms with Gasteiger partial charge >= 0.3 is 0 Å². The van der Waals surface area contributed by atoms with Gasteiger partial charge in [-0.1, -0.05) is 91.0 Å². The molecule has 0 unspecified atom stereocenters. The predicted octanol–water partition coefficient (Wildman–Crippen LogP) is 11.3. The lowest BCUT2D eigenvalue weighted by molar-refractivity contribution is -0.381. The zero-order valence-corrected chi connectivity index (χ0v) is 24.6. The van der Waals surface area contributed by atoms with Gasteiger partial charge in [0.2, 0.25) is 0 Å². The van der Waals surface area contributed by atoms with Crippen molar-refractivity contribution in [1.82, 2.24) is 0 Å². The highest BCUT2D eigenvalue weighted by Gasteiger charge is 2.25.